The maximum atomic E-state index is 13.7. The molecule has 0 aromatic heterocycles. The average Bonchev–Trinajstić information content (AvgIpc) is 2.64. The number of nitrogens with zero attached hydrogens (tertiary/aromatic N) is 1. The van der Waals surface area contributed by atoms with E-state index in [1.54, 1.807) is 6.92 Å². The zero-order valence-corrected chi connectivity index (χ0v) is 15.8. The Kier molecular flexibility index (Phi) is 5.72. The first-order valence-electron chi connectivity index (χ1n) is 9.39. The van der Waals surface area contributed by atoms with Crippen LogP contribution in [-0.2, 0) is 20.5 Å². The fourth-order valence-electron chi connectivity index (χ4n) is 3.97. The Hall–Kier alpha value is -2.44. The van der Waals surface area contributed by atoms with Crippen LogP contribution in [0.1, 0.15) is 56.6 Å². The summed E-state index contributed by atoms with van der Waals surface area (Å²) < 4.78 is 46.4. The smallest absolute Gasteiger partial charge is 0.416 e. The molecule has 4 nitrogen and oxygen atoms in total. The Bertz CT molecular complexity index is 855. The van der Waals surface area contributed by atoms with Crippen LogP contribution in [0.5, 0.6) is 0 Å². The summed E-state index contributed by atoms with van der Waals surface area (Å²) in [4.78, 5) is 29.9. The van der Waals surface area contributed by atoms with Crippen LogP contribution in [-0.4, -0.2) is 24.1 Å². The van der Waals surface area contributed by atoms with E-state index in [1.807, 2.05) is 6.92 Å². The average molecular weight is 393 g/mol. The number of hydrogen-bond acceptors (Lipinski definition) is 4. The molecule has 0 saturated heterocycles. The highest BCUT2D eigenvalue weighted by atomic mass is 19.4. The van der Waals surface area contributed by atoms with Gasteiger partial charge in [0.15, 0.2) is 5.78 Å². The molecule has 1 aliphatic heterocycles. The van der Waals surface area contributed by atoms with Gasteiger partial charge in [0.25, 0.3) is 0 Å². The van der Waals surface area contributed by atoms with Crippen LogP contribution in [0.4, 0.5) is 13.2 Å². The highest BCUT2D eigenvalue weighted by Crippen LogP contribution is 2.47. The zero-order valence-electron chi connectivity index (χ0n) is 15.8. The third-order valence-electron chi connectivity index (χ3n) is 5.14. The zero-order chi connectivity index (χ0) is 20.5. The van der Waals surface area contributed by atoms with Gasteiger partial charge >= 0.3 is 12.1 Å². The van der Waals surface area contributed by atoms with Crippen molar-refractivity contribution in [3.8, 4) is 0 Å². The van der Waals surface area contributed by atoms with Crippen molar-refractivity contribution in [2.75, 3.05) is 6.61 Å². The molecule has 2 atom stereocenters. The fourth-order valence-corrected chi connectivity index (χ4v) is 3.97. The molecule has 0 saturated carbocycles. The summed E-state index contributed by atoms with van der Waals surface area (Å²) in [5.41, 5.74) is 0.192. The molecule has 0 fully saturated rings. The maximum absolute atomic E-state index is 13.7. The van der Waals surface area contributed by atoms with E-state index in [0.29, 0.717) is 30.7 Å². The van der Waals surface area contributed by atoms with E-state index in [0.717, 1.165) is 6.07 Å². The van der Waals surface area contributed by atoms with Crippen LogP contribution in [0.2, 0.25) is 0 Å². The summed E-state index contributed by atoms with van der Waals surface area (Å²) >= 11 is 0. The van der Waals surface area contributed by atoms with Crippen LogP contribution in [0.25, 0.3) is 0 Å². The van der Waals surface area contributed by atoms with Crippen molar-refractivity contribution >= 4 is 17.5 Å². The summed E-state index contributed by atoms with van der Waals surface area (Å²) in [6.07, 6.45) is -2.65. The quantitative estimate of drug-likeness (QED) is 0.688. The summed E-state index contributed by atoms with van der Waals surface area (Å²) in [7, 11) is 0. The number of aliphatic imine (C=N–C) groups is 1. The number of ether oxygens (including phenoxy) is 1. The first-order chi connectivity index (χ1) is 13.3. The number of ketones is 1. The second-order valence-corrected chi connectivity index (χ2v) is 7.10. The Morgan fingerprint density at radius 2 is 1.96 bits per heavy atom. The molecule has 2 aliphatic rings. The number of benzene rings is 1. The van der Waals surface area contributed by atoms with E-state index in [4.69, 9.17) is 4.74 Å². The van der Waals surface area contributed by atoms with E-state index in [9.17, 15) is 22.8 Å². The van der Waals surface area contributed by atoms with Gasteiger partial charge in [0.1, 0.15) is 5.92 Å². The minimum Gasteiger partial charge on any atom is -0.465 e. The molecule has 0 spiro atoms. The SMILES string of the molecule is CCCOC(=O)C1C(C)=NC2=C(C(=O)CCC2)[C@@H]1c1ccccc1C(F)(F)F. The molecule has 1 heterocycles. The highest BCUT2D eigenvalue weighted by Gasteiger charge is 2.46. The Morgan fingerprint density at radius 1 is 1.25 bits per heavy atom. The molecule has 0 amide bonds. The minimum atomic E-state index is -4.60. The molecule has 150 valence electrons. The van der Waals surface area contributed by atoms with Crippen LogP contribution < -0.4 is 0 Å². The van der Waals surface area contributed by atoms with Crippen molar-refractivity contribution in [1.82, 2.24) is 0 Å². The minimum absolute atomic E-state index is 0.0783. The van der Waals surface area contributed by atoms with Crippen LogP contribution in [0.3, 0.4) is 0 Å². The van der Waals surface area contributed by atoms with Crippen molar-refractivity contribution < 1.29 is 27.5 Å². The van der Waals surface area contributed by atoms with E-state index >= 15 is 0 Å². The van der Waals surface area contributed by atoms with E-state index in [-0.39, 0.29) is 29.9 Å². The molecule has 28 heavy (non-hydrogen) atoms. The summed E-state index contributed by atoms with van der Waals surface area (Å²) in [6, 6.07) is 5.13. The maximum Gasteiger partial charge on any atom is 0.416 e. The van der Waals surface area contributed by atoms with Gasteiger partial charge in [-0.25, -0.2) is 0 Å². The molecule has 7 heteroatoms. The molecule has 1 aromatic carbocycles. The van der Waals surface area contributed by atoms with Gasteiger partial charge in [0, 0.05) is 29.3 Å². The predicted octanol–water partition coefficient (Wildman–Crippen LogP) is 4.84. The second-order valence-electron chi connectivity index (χ2n) is 7.10. The Morgan fingerprint density at radius 3 is 2.64 bits per heavy atom. The number of allylic oxidation sites excluding steroid dienone is 2. The monoisotopic (exact) mass is 393 g/mol. The van der Waals surface area contributed by atoms with Gasteiger partial charge in [-0.1, -0.05) is 25.1 Å². The molecule has 0 radical (unpaired) electrons. The molecule has 1 aromatic rings. The van der Waals surface area contributed by atoms with E-state index < -0.39 is 29.5 Å². The second kappa shape index (κ2) is 7.89. The fraction of sp³-hybridized carbons (Fsp3) is 0.476. The van der Waals surface area contributed by atoms with Crippen molar-refractivity contribution in [1.29, 1.82) is 0 Å². The number of Topliss-reactive ketones (excluding diaryl/α,β-unsaturated/α-hetero) is 1. The summed E-state index contributed by atoms with van der Waals surface area (Å²) in [5.74, 6) is -2.97. The van der Waals surface area contributed by atoms with Crippen molar-refractivity contribution in [3.05, 3.63) is 46.7 Å². The molecular formula is C21H22F3NO3. The van der Waals surface area contributed by atoms with Gasteiger partial charge in [-0.2, -0.15) is 13.2 Å². The standard InChI is InChI=1S/C21H22F3NO3/c1-3-11-28-20(27)17-12(2)25-15-9-6-10-16(26)19(15)18(17)13-7-4-5-8-14(13)21(22,23)24/h4-5,7-8,17-18H,3,6,9-11H2,1-2H3/t17?,18-/m1/s1. The third-order valence-corrected chi connectivity index (χ3v) is 5.14. The van der Waals surface area contributed by atoms with E-state index in [2.05, 4.69) is 4.99 Å². The van der Waals surface area contributed by atoms with Gasteiger partial charge in [-0.15, -0.1) is 0 Å². The lowest BCUT2D eigenvalue weighted by molar-refractivity contribution is -0.147. The Labute approximate surface area is 161 Å². The van der Waals surface area contributed by atoms with Gasteiger partial charge in [0.2, 0.25) is 0 Å². The highest BCUT2D eigenvalue weighted by molar-refractivity contribution is 6.08. The lowest BCUT2D eigenvalue weighted by Crippen LogP contribution is -2.38. The summed E-state index contributed by atoms with van der Waals surface area (Å²) in [6.45, 7) is 3.61. The lowest BCUT2D eigenvalue weighted by Gasteiger charge is -2.35. The first kappa shape index (κ1) is 20.3. The Balaban J connectivity index is 2.20. The van der Waals surface area contributed by atoms with Gasteiger partial charge in [0.05, 0.1) is 12.2 Å². The summed E-state index contributed by atoms with van der Waals surface area (Å²) in [5, 5.41) is 0. The number of carbonyl (C=O) groups excluding carboxylic acids is 2. The molecule has 1 aliphatic carbocycles. The normalized spacial score (nSPS) is 22.6. The number of hydrogen-bond donors (Lipinski definition) is 0. The number of rotatable bonds is 4. The van der Waals surface area contributed by atoms with Crippen molar-refractivity contribution in [3.63, 3.8) is 0 Å². The topological polar surface area (TPSA) is 55.7 Å². The van der Waals surface area contributed by atoms with Gasteiger partial charge in [-0.3, -0.25) is 14.6 Å². The van der Waals surface area contributed by atoms with Gasteiger partial charge in [-0.05, 0) is 37.8 Å². The number of halogens is 3. The van der Waals surface area contributed by atoms with E-state index in [1.165, 1.54) is 18.2 Å². The first-order valence-corrected chi connectivity index (χ1v) is 9.39. The lowest BCUT2D eigenvalue weighted by atomic mass is 9.70. The molecule has 1 unspecified atom stereocenters. The van der Waals surface area contributed by atoms with Crippen molar-refractivity contribution in [2.24, 2.45) is 10.9 Å². The van der Waals surface area contributed by atoms with Gasteiger partial charge < -0.3 is 4.74 Å². The molecular weight excluding hydrogens is 371 g/mol. The largest absolute Gasteiger partial charge is 0.465 e. The van der Waals surface area contributed by atoms with Crippen LogP contribution in [0.15, 0.2) is 40.5 Å². The number of carbonyl (C=O) groups is 2. The number of esters is 1. The molecule has 3 rings (SSSR count). The third kappa shape index (κ3) is 3.75. The van der Waals surface area contributed by atoms with Crippen LogP contribution in [0, 0.1) is 5.92 Å². The predicted molar refractivity (Wildman–Crippen MR) is 97.9 cm³/mol. The molecule has 0 N–H and O–H groups in total. The number of alkyl halides is 3. The van der Waals surface area contributed by atoms with Crippen LogP contribution >= 0.6 is 0 Å². The molecule has 0 bridgehead atoms. The van der Waals surface area contributed by atoms with Crippen molar-refractivity contribution in [2.45, 2.75) is 51.6 Å².